The monoisotopic (exact) mass is 292 g/mol. The number of alkyl halides is 1. The average molecular weight is 293 g/mol. The quantitative estimate of drug-likeness (QED) is 0.473. The lowest BCUT2D eigenvalue weighted by Gasteiger charge is -2.24. The van der Waals surface area contributed by atoms with Crippen LogP contribution in [0.1, 0.15) is 12.0 Å². The molecule has 18 heavy (non-hydrogen) atoms. The predicted octanol–water partition coefficient (Wildman–Crippen LogP) is 3.52. The van der Waals surface area contributed by atoms with E-state index in [9.17, 15) is 8.78 Å². The molecular formula is C12H12Cl2F2N2. The highest BCUT2D eigenvalue weighted by Gasteiger charge is 2.34. The van der Waals surface area contributed by atoms with Crippen LogP contribution in [-0.2, 0) is 0 Å². The highest BCUT2D eigenvalue weighted by molar-refractivity contribution is 6.25. The zero-order valence-electron chi connectivity index (χ0n) is 9.29. The van der Waals surface area contributed by atoms with E-state index in [1.165, 1.54) is 0 Å². The van der Waals surface area contributed by atoms with Gasteiger partial charge in [-0.15, -0.1) is 12.4 Å². The first-order valence-electron chi connectivity index (χ1n) is 5.00. The summed E-state index contributed by atoms with van der Waals surface area (Å²) in [6.45, 7) is 0. The van der Waals surface area contributed by atoms with Gasteiger partial charge in [-0.3, -0.25) is 0 Å². The first-order chi connectivity index (χ1) is 7.90. The molecule has 0 saturated carbocycles. The molecule has 0 amide bonds. The highest BCUT2D eigenvalue weighted by atomic mass is 35.5. The third-order valence-corrected chi connectivity index (χ3v) is 2.91. The van der Waals surface area contributed by atoms with Crippen molar-refractivity contribution in [2.75, 3.05) is 5.73 Å². The van der Waals surface area contributed by atoms with E-state index in [0.29, 0.717) is 11.3 Å². The first-order valence-corrected chi connectivity index (χ1v) is 5.38. The fourth-order valence-corrected chi connectivity index (χ4v) is 1.81. The van der Waals surface area contributed by atoms with E-state index in [1.54, 1.807) is 24.3 Å². The van der Waals surface area contributed by atoms with Crippen LogP contribution < -0.4 is 11.5 Å². The van der Waals surface area contributed by atoms with E-state index in [0.717, 1.165) is 6.08 Å². The van der Waals surface area contributed by atoms with Crippen molar-refractivity contribution >= 4 is 35.3 Å². The van der Waals surface area contributed by atoms with Crippen LogP contribution in [0.25, 0.3) is 5.57 Å². The Balaban J connectivity index is 0.00000162. The molecule has 1 aromatic rings. The molecule has 1 atom stereocenters. The van der Waals surface area contributed by atoms with Crippen LogP contribution in [0.3, 0.4) is 0 Å². The van der Waals surface area contributed by atoms with Crippen molar-refractivity contribution in [3.8, 4) is 0 Å². The van der Waals surface area contributed by atoms with Crippen LogP contribution in [0.15, 0.2) is 42.0 Å². The van der Waals surface area contributed by atoms with Gasteiger partial charge in [0.1, 0.15) is 16.7 Å². The van der Waals surface area contributed by atoms with E-state index in [-0.39, 0.29) is 24.4 Å². The SMILES string of the molecule is Cl.Nc1ccc(C2=C(F)CC(N)(Cl)C(F)=C2)cc1. The largest absolute Gasteiger partial charge is 0.399 e. The number of hydrogen-bond donors (Lipinski definition) is 2. The van der Waals surface area contributed by atoms with Gasteiger partial charge in [0, 0.05) is 17.7 Å². The standard InChI is InChI=1S/C12H11ClF2N2.ClH/c13-12(17)6-10(14)9(5-11(12)15)7-1-3-8(16)4-2-7;/h1-5H,6,16-17H2;1H. The average Bonchev–Trinajstić information content (AvgIpc) is 2.24. The van der Waals surface area contributed by atoms with Gasteiger partial charge in [0.2, 0.25) is 0 Å². The summed E-state index contributed by atoms with van der Waals surface area (Å²) in [4.78, 5) is -1.78. The molecule has 1 aliphatic rings. The topological polar surface area (TPSA) is 52.0 Å². The minimum Gasteiger partial charge on any atom is -0.399 e. The summed E-state index contributed by atoms with van der Waals surface area (Å²) in [5, 5.41) is 0. The fraction of sp³-hybridized carbons (Fsp3) is 0.167. The zero-order chi connectivity index (χ0) is 12.6. The van der Waals surface area contributed by atoms with Gasteiger partial charge in [-0.05, 0) is 23.8 Å². The third-order valence-electron chi connectivity index (χ3n) is 2.59. The van der Waals surface area contributed by atoms with Crippen LogP contribution >= 0.6 is 24.0 Å². The second-order valence-corrected chi connectivity index (χ2v) is 4.65. The molecule has 1 unspecified atom stereocenters. The lowest BCUT2D eigenvalue weighted by atomic mass is 9.95. The molecular weight excluding hydrogens is 281 g/mol. The number of rotatable bonds is 1. The number of halogens is 4. The summed E-state index contributed by atoms with van der Waals surface area (Å²) in [7, 11) is 0. The predicted molar refractivity (Wildman–Crippen MR) is 72.7 cm³/mol. The van der Waals surface area contributed by atoms with Gasteiger partial charge in [0.15, 0.2) is 0 Å². The molecule has 0 fully saturated rings. The van der Waals surface area contributed by atoms with Crippen molar-refractivity contribution in [2.24, 2.45) is 5.73 Å². The Hall–Kier alpha value is -1.10. The van der Waals surface area contributed by atoms with E-state index in [2.05, 4.69) is 0 Å². The van der Waals surface area contributed by atoms with Gasteiger partial charge in [-0.2, -0.15) is 0 Å². The number of anilines is 1. The van der Waals surface area contributed by atoms with Crippen LogP contribution in [-0.4, -0.2) is 5.00 Å². The summed E-state index contributed by atoms with van der Waals surface area (Å²) in [5.41, 5.74) is 12.2. The van der Waals surface area contributed by atoms with Crippen molar-refractivity contribution in [3.05, 3.63) is 47.6 Å². The van der Waals surface area contributed by atoms with Gasteiger partial charge >= 0.3 is 0 Å². The smallest absolute Gasteiger partial charge is 0.149 e. The minimum atomic E-state index is -1.78. The molecule has 0 bridgehead atoms. The van der Waals surface area contributed by atoms with E-state index in [4.69, 9.17) is 23.1 Å². The van der Waals surface area contributed by atoms with Crippen molar-refractivity contribution in [1.29, 1.82) is 0 Å². The van der Waals surface area contributed by atoms with E-state index in [1.807, 2.05) is 0 Å². The zero-order valence-corrected chi connectivity index (χ0v) is 10.9. The maximum Gasteiger partial charge on any atom is 0.149 e. The Bertz CT molecular complexity index is 507. The number of benzene rings is 1. The number of nitrogens with two attached hydrogens (primary N) is 2. The minimum absolute atomic E-state index is 0. The Labute approximate surface area is 115 Å². The summed E-state index contributed by atoms with van der Waals surface area (Å²) in [6, 6.07) is 6.47. The molecule has 2 rings (SSSR count). The number of hydrogen-bond acceptors (Lipinski definition) is 2. The Morgan fingerprint density at radius 3 is 2.28 bits per heavy atom. The molecule has 1 aromatic carbocycles. The molecule has 1 aliphatic carbocycles. The van der Waals surface area contributed by atoms with Crippen LogP contribution in [0.5, 0.6) is 0 Å². The van der Waals surface area contributed by atoms with Crippen molar-refractivity contribution in [3.63, 3.8) is 0 Å². The molecule has 6 heteroatoms. The molecule has 98 valence electrons. The molecule has 0 aliphatic heterocycles. The summed E-state index contributed by atoms with van der Waals surface area (Å²) in [6.07, 6.45) is 0.661. The van der Waals surface area contributed by atoms with Crippen LogP contribution in [0.2, 0.25) is 0 Å². The normalized spacial score (nSPS) is 23.4. The van der Waals surface area contributed by atoms with Crippen LogP contribution in [0, 0.1) is 0 Å². The summed E-state index contributed by atoms with van der Waals surface area (Å²) >= 11 is 5.64. The lowest BCUT2D eigenvalue weighted by molar-refractivity contribution is 0.454. The van der Waals surface area contributed by atoms with E-state index < -0.39 is 16.7 Å². The molecule has 0 saturated heterocycles. The Morgan fingerprint density at radius 2 is 1.72 bits per heavy atom. The lowest BCUT2D eigenvalue weighted by Crippen LogP contribution is -2.35. The molecule has 0 aromatic heterocycles. The third kappa shape index (κ3) is 2.83. The highest BCUT2D eigenvalue weighted by Crippen LogP contribution is 2.39. The molecule has 2 nitrogen and oxygen atoms in total. The second-order valence-electron chi connectivity index (χ2n) is 3.97. The van der Waals surface area contributed by atoms with Gasteiger partial charge in [0.25, 0.3) is 0 Å². The molecule has 0 spiro atoms. The van der Waals surface area contributed by atoms with Gasteiger partial charge in [-0.25, -0.2) is 8.78 Å². The first kappa shape index (κ1) is 15.0. The molecule has 0 heterocycles. The molecule has 0 radical (unpaired) electrons. The summed E-state index contributed by atoms with van der Waals surface area (Å²) < 4.78 is 27.3. The van der Waals surface area contributed by atoms with Gasteiger partial charge in [0.05, 0.1) is 0 Å². The molecule has 4 N–H and O–H groups in total. The number of allylic oxidation sites excluding steroid dienone is 2. The maximum atomic E-state index is 13.8. The van der Waals surface area contributed by atoms with Gasteiger partial charge in [-0.1, -0.05) is 23.7 Å². The summed E-state index contributed by atoms with van der Waals surface area (Å²) in [5.74, 6) is -1.28. The van der Waals surface area contributed by atoms with Crippen molar-refractivity contribution in [2.45, 2.75) is 11.4 Å². The van der Waals surface area contributed by atoms with Crippen molar-refractivity contribution in [1.82, 2.24) is 0 Å². The maximum absolute atomic E-state index is 13.8. The van der Waals surface area contributed by atoms with Crippen LogP contribution in [0.4, 0.5) is 14.5 Å². The fourth-order valence-electron chi connectivity index (χ4n) is 1.63. The number of nitrogen functional groups attached to an aromatic ring is 1. The second kappa shape index (κ2) is 5.26. The van der Waals surface area contributed by atoms with Gasteiger partial charge < -0.3 is 11.5 Å². The Kier molecular flexibility index (Phi) is 4.37. The Morgan fingerprint density at radius 1 is 1.17 bits per heavy atom. The van der Waals surface area contributed by atoms with E-state index >= 15 is 0 Å². The van der Waals surface area contributed by atoms with Crippen molar-refractivity contribution < 1.29 is 8.78 Å².